The molecule has 0 spiro atoms. The van der Waals surface area contributed by atoms with Crippen molar-refractivity contribution in [2.45, 2.75) is 39.3 Å². The van der Waals surface area contributed by atoms with Crippen molar-refractivity contribution in [2.24, 2.45) is 0 Å². The van der Waals surface area contributed by atoms with E-state index in [1.54, 1.807) is 12.3 Å². The highest BCUT2D eigenvalue weighted by Crippen LogP contribution is 2.13. The number of anilines is 1. The highest BCUT2D eigenvalue weighted by molar-refractivity contribution is 5.28. The van der Waals surface area contributed by atoms with Crippen LogP contribution in [0.1, 0.15) is 27.7 Å². The van der Waals surface area contributed by atoms with Gasteiger partial charge in [-0.05, 0) is 41.8 Å². The molecule has 0 aromatic carbocycles. The van der Waals surface area contributed by atoms with Gasteiger partial charge in [0.1, 0.15) is 0 Å². The number of aromatic nitrogens is 2. The molecule has 0 fully saturated rings. The zero-order chi connectivity index (χ0) is 13.8. The van der Waals surface area contributed by atoms with Crippen molar-refractivity contribution in [3.05, 3.63) is 12.3 Å². The van der Waals surface area contributed by atoms with Gasteiger partial charge in [-0.25, -0.2) is 4.98 Å². The quantitative estimate of drug-likeness (QED) is 0.839. The van der Waals surface area contributed by atoms with Gasteiger partial charge in [-0.2, -0.15) is 4.98 Å². The van der Waals surface area contributed by atoms with E-state index in [9.17, 15) is 0 Å². The molecule has 0 bridgehead atoms. The molecular weight excluding hydrogens is 228 g/mol. The van der Waals surface area contributed by atoms with Crippen molar-refractivity contribution in [3.63, 3.8) is 0 Å². The van der Waals surface area contributed by atoms with Crippen LogP contribution in [0.25, 0.3) is 0 Å². The second-order valence-corrected chi connectivity index (χ2v) is 5.45. The Bertz CT molecular complexity index is 377. The molecule has 0 saturated heterocycles. The van der Waals surface area contributed by atoms with Crippen molar-refractivity contribution in [2.75, 3.05) is 26.0 Å². The molecule has 1 aromatic rings. The van der Waals surface area contributed by atoms with Gasteiger partial charge < -0.3 is 15.0 Å². The Hall–Kier alpha value is -1.36. The molecule has 0 radical (unpaired) electrons. The van der Waals surface area contributed by atoms with Gasteiger partial charge in [0.15, 0.2) is 0 Å². The van der Waals surface area contributed by atoms with E-state index < -0.39 is 0 Å². The summed E-state index contributed by atoms with van der Waals surface area (Å²) in [7, 11) is 4.11. The third-order valence-corrected chi connectivity index (χ3v) is 2.88. The van der Waals surface area contributed by atoms with Crippen LogP contribution in [-0.2, 0) is 0 Å². The van der Waals surface area contributed by atoms with Crippen LogP contribution in [-0.4, -0.2) is 47.2 Å². The molecule has 0 aliphatic carbocycles. The topological polar surface area (TPSA) is 50.3 Å². The summed E-state index contributed by atoms with van der Waals surface area (Å²) in [5, 5.41) is 3.24. The third kappa shape index (κ3) is 4.49. The van der Waals surface area contributed by atoms with Crippen LogP contribution in [0.4, 0.5) is 5.95 Å². The fourth-order valence-electron chi connectivity index (χ4n) is 1.19. The number of nitrogens with zero attached hydrogens (tertiary/aromatic N) is 3. The number of nitrogens with one attached hydrogen (secondary N) is 1. The number of rotatable bonds is 6. The first-order valence-corrected chi connectivity index (χ1v) is 6.22. The molecule has 1 N–H and O–H groups in total. The monoisotopic (exact) mass is 252 g/mol. The van der Waals surface area contributed by atoms with Crippen molar-refractivity contribution in [1.82, 2.24) is 14.9 Å². The summed E-state index contributed by atoms with van der Waals surface area (Å²) < 4.78 is 5.53. The van der Waals surface area contributed by atoms with Gasteiger partial charge in [0.05, 0.1) is 6.10 Å². The Labute approximate surface area is 110 Å². The molecule has 5 nitrogen and oxygen atoms in total. The lowest BCUT2D eigenvalue weighted by atomic mass is 10.1. The van der Waals surface area contributed by atoms with Crippen LogP contribution >= 0.6 is 0 Å². The average molecular weight is 252 g/mol. The maximum atomic E-state index is 5.53. The van der Waals surface area contributed by atoms with Crippen LogP contribution in [0.5, 0.6) is 5.88 Å². The van der Waals surface area contributed by atoms with Gasteiger partial charge in [0, 0.05) is 24.3 Å². The average Bonchev–Trinajstić information content (AvgIpc) is 2.26. The largest absolute Gasteiger partial charge is 0.475 e. The first kappa shape index (κ1) is 14.7. The minimum absolute atomic E-state index is 0.0400. The minimum Gasteiger partial charge on any atom is -0.475 e. The predicted octanol–water partition coefficient (Wildman–Crippen LogP) is 2.02. The van der Waals surface area contributed by atoms with E-state index in [0.29, 0.717) is 11.8 Å². The molecule has 1 rings (SSSR count). The van der Waals surface area contributed by atoms with Crippen LogP contribution in [0, 0.1) is 0 Å². The van der Waals surface area contributed by atoms with E-state index in [1.807, 2.05) is 13.8 Å². The second kappa shape index (κ2) is 6.00. The molecular formula is C13H24N4O. The van der Waals surface area contributed by atoms with E-state index in [0.717, 1.165) is 6.54 Å². The summed E-state index contributed by atoms with van der Waals surface area (Å²) in [4.78, 5) is 10.7. The summed E-state index contributed by atoms with van der Waals surface area (Å²) >= 11 is 0. The molecule has 0 amide bonds. The lowest BCUT2D eigenvalue weighted by Gasteiger charge is -2.32. The summed E-state index contributed by atoms with van der Waals surface area (Å²) in [6.45, 7) is 9.04. The van der Waals surface area contributed by atoms with Crippen LogP contribution < -0.4 is 10.1 Å². The first-order valence-electron chi connectivity index (χ1n) is 6.22. The fourth-order valence-corrected chi connectivity index (χ4v) is 1.19. The Balaban J connectivity index is 2.63. The van der Waals surface area contributed by atoms with E-state index in [-0.39, 0.29) is 11.6 Å². The first-order chi connectivity index (χ1) is 8.31. The van der Waals surface area contributed by atoms with Crippen LogP contribution in [0.15, 0.2) is 12.3 Å². The van der Waals surface area contributed by atoms with Crippen LogP contribution in [0.3, 0.4) is 0 Å². The van der Waals surface area contributed by atoms with Gasteiger partial charge in [0.2, 0.25) is 11.8 Å². The van der Waals surface area contributed by atoms with E-state index in [1.165, 1.54) is 0 Å². The zero-order valence-corrected chi connectivity index (χ0v) is 12.2. The number of hydrogen-bond acceptors (Lipinski definition) is 5. The lowest BCUT2D eigenvalue weighted by molar-refractivity contribution is 0.209. The standard InChI is InChI=1S/C13H24N4O/c1-10(2)18-11-7-8-14-12(16-11)15-9-13(3,4)17(5)6/h7-8,10H,9H2,1-6H3,(H,14,15,16). The molecule has 1 heterocycles. The number of likely N-dealkylation sites (N-methyl/N-ethyl adjacent to an activating group) is 1. The molecule has 18 heavy (non-hydrogen) atoms. The van der Waals surface area contributed by atoms with E-state index in [4.69, 9.17) is 4.74 Å². The molecule has 0 unspecified atom stereocenters. The fraction of sp³-hybridized carbons (Fsp3) is 0.692. The van der Waals surface area contributed by atoms with Crippen molar-refractivity contribution in [3.8, 4) is 5.88 Å². The molecule has 5 heteroatoms. The molecule has 0 atom stereocenters. The summed E-state index contributed by atoms with van der Waals surface area (Å²) in [6.07, 6.45) is 1.82. The Morgan fingerprint density at radius 3 is 2.61 bits per heavy atom. The van der Waals surface area contributed by atoms with Crippen LogP contribution in [0.2, 0.25) is 0 Å². The second-order valence-electron chi connectivity index (χ2n) is 5.45. The minimum atomic E-state index is 0.0400. The van der Waals surface area contributed by atoms with Crippen molar-refractivity contribution in [1.29, 1.82) is 0 Å². The van der Waals surface area contributed by atoms with Crippen molar-refractivity contribution >= 4 is 5.95 Å². The predicted molar refractivity (Wildman–Crippen MR) is 74.1 cm³/mol. The summed E-state index contributed by atoms with van der Waals surface area (Å²) in [5.41, 5.74) is 0.0400. The normalized spacial score (nSPS) is 12.0. The Morgan fingerprint density at radius 2 is 2.06 bits per heavy atom. The Morgan fingerprint density at radius 1 is 1.39 bits per heavy atom. The van der Waals surface area contributed by atoms with E-state index in [2.05, 4.69) is 48.1 Å². The summed E-state index contributed by atoms with van der Waals surface area (Å²) in [5.74, 6) is 1.20. The number of ether oxygens (including phenoxy) is 1. The van der Waals surface area contributed by atoms with Gasteiger partial charge in [-0.15, -0.1) is 0 Å². The molecule has 102 valence electrons. The van der Waals surface area contributed by atoms with Gasteiger partial charge in [-0.3, -0.25) is 0 Å². The van der Waals surface area contributed by atoms with Gasteiger partial charge in [-0.1, -0.05) is 0 Å². The number of hydrogen-bond donors (Lipinski definition) is 1. The summed E-state index contributed by atoms with van der Waals surface area (Å²) in [6, 6.07) is 1.77. The Kier molecular flexibility index (Phi) is 4.90. The molecule has 0 aliphatic heterocycles. The highest BCUT2D eigenvalue weighted by atomic mass is 16.5. The zero-order valence-electron chi connectivity index (χ0n) is 12.2. The SMILES string of the molecule is CC(C)Oc1ccnc(NCC(C)(C)N(C)C)n1. The van der Waals surface area contributed by atoms with E-state index >= 15 is 0 Å². The maximum absolute atomic E-state index is 5.53. The molecule has 1 aromatic heterocycles. The molecule has 0 saturated carbocycles. The maximum Gasteiger partial charge on any atom is 0.226 e. The van der Waals surface area contributed by atoms with Gasteiger partial charge in [0.25, 0.3) is 0 Å². The third-order valence-electron chi connectivity index (χ3n) is 2.88. The molecule has 0 aliphatic rings. The lowest BCUT2D eigenvalue weighted by Crippen LogP contribution is -2.44. The van der Waals surface area contributed by atoms with Crippen molar-refractivity contribution < 1.29 is 4.74 Å². The smallest absolute Gasteiger partial charge is 0.226 e. The highest BCUT2D eigenvalue weighted by Gasteiger charge is 2.20. The van der Waals surface area contributed by atoms with Gasteiger partial charge >= 0.3 is 0 Å².